The molecule has 0 saturated carbocycles. The van der Waals surface area contributed by atoms with E-state index in [1.54, 1.807) is 25.2 Å². The van der Waals surface area contributed by atoms with Gasteiger partial charge in [0.2, 0.25) is 0 Å². The fourth-order valence-corrected chi connectivity index (χ4v) is 2.00. The molecule has 0 aliphatic rings. The van der Waals surface area contributed by atoms with E-state index in [1.807, 2.05) is 6.92 Å². The molecule has 1 aromatic carbocycles. The fourth-order valence-electron chi connectivity index (χ4n) is 1.70. The number of hydrogen-bond acceptors (Lipinski definition) is 3. The van der Waals surface area contributed by atoms with Gasteiger partial charge in [0.05, 0.1) is 16.7 Å². The van der Waals surface area contributed by atoms with E-state index in [1.165, 1.54) is 0 Å². The summed E-state index contributed by atoms with van der Waals surface area (Å²) in [4.78, 5) is 16.0. The van der Waals surface area contributed by atoms with Crippen LogP contribution in [-0.4, -0.2) is 51.8 Å². The Morgan fingerprint density at radius 3 is 2.48 bits per heavy atom. The van der Waals surface area contributed by atoms with Gasteiger partial charge in [0, 0.05) is 38.9 Å². The average Bonchev–Trinajstić information content (AvgIpc) is 2.55. The summed E-state index contributed by atoms with van der Waals surface area (Å²) in [6.07, 6.45) is 0. The Hall–Kier alpha value is -1.50. The van der Waals surface area contributed by atoms with Crippen molar-refractivity contribution in [2.24, 2.45) is 4.99 Å². The van der Waals surface area contributed by atoms with Crippen LogP contribution < -0.4 is 16.0 Å². The molecule has 0 aliphatic carbocycles. The van der Waals surface area contributed by atoms with E-state index in [9.17, 15) is 4.79 Å². The van der Waals surface area contributed by atoms with Crippen molar-refractivity contribution in [3.8, 4) is 0 Å². The van der Waals surface area contributed by atoms with Gasteiger partial charge in [-0.3, -0.25) is 9.79 Å². The number of amides is 1. The van der Waals surface area contributed by atoms with Crippen LogP contribution in [0.5, 0.6) is 0 Å². The first kappa shape index (κ1) is 19.5. The van der Waals surface area contributed by atoms with E-state index in [4.69, 9.17) is 27.9 Å². The first-order valence-electron chi connectivity index (χ1n) is 7.34. The van der Waals surface area contributed by atoms with Gasteiger partial charge in [-0.15, -0.1) is 0 Å². The summed E-state index contributed by atoms with van der Waals surface area (Å²) in [5.41, 5.74) is 0.471. The second-order valence-corrected chi connectivity index (χ2v) is 5.32. The molecule has 0 bridgehead atoms. The van der Waals surface area contributed by atoms with Crippen LogP contribution in [0.25, 0.3) is 0 Å². The van der Waals surface area contributed by atoms with Crippen molar-refractivity contribution in [2.45, 2.75) is 6.92 Å². The number of benzene rings is 1. The van der Waals surface area contributed by atoms with E-state index >= 15 is 0 Å². The summed E-state index contributed by atoms with van der Waals surface area (Å²) in [5, 5.41) is 9.77. The normalized spacial score (nSPS) is 11.2. The molecule has 1 aromatic rings. The van der Waals surface area contributed by atoms with Crippen molar-refractivity contribution in [2.75, 3.05) is 39.9 Å². The lowest BCUT2D eigenvalue weighted by Crippen LogP contribution is -2.42. The molecule has 0 aliphatic heterocycles. The first-order valence-corrected chi connectivity index (χ1v) is 8.09. The molecule has 0 heterocycles. The van der Waals surface area contributed by atoms with Gasteiger partial charge >= 0.3 is 0 Å². The monoisotopic (exact) mass is 360 g/mol. The molecule has 0 aromatic heterocycles. The van der Waals surface area contributed by atoms with Crippen molar-refractivity contribution < 1.29 is 9.53 Å². The molecule has 3 N–H and O–H groups in total. The van der Waals surface area contributed by atoms with Crippen LogP contribution in [0.2, 0.25) is 10.0 Å². The zero-order valence-electron chi connectivity index (χ0n) is 13.3. The Balaban J connectivity index is 2.27. The Morgan fingerprint density at radius 1 is 1.13 bits per heavy atom. The van der Waals surface area contributed by atoms with Crippen LogP contribution in [0.15, 0.2) is 23.2 Å². The molecule has 1 amide bonds. The largest absolute Gasteiger partial charge is 0.380 e. The van der Waals surface area contributed by atoms with Crippen molar-refractivity contribution in [1.29, 1.82) is 0 Å². The number of rotatable bonds is 8. The third-order valence-electron chi connectivity index (χ3n) is 2.85. The standard InChI is InChI=1S/C15H22Cl2N4O2/c1-3-23-9-8-21-15(18-2)20-7-6-19-14(22)11-4-5-12(16)13(17)10-11/h4-5,10H,3,6-9H2,1-2H3,(H,19,22)(H2,18,20,21). The van der Waals surface area contributed by atoms with Crippen LogP contribution in [0.3, 0.4) is 0 Å². The summed E-state index contributed by atoms with van der Waals surface area (Å²) in [6, 6.07) is 4.77. The molecule has 0 radical (unpaired) electrons. The summed E-state index contributed by atoms with van der Waals surface area (Å²) in [7, 11) is 1.68. The second kappa shape index (κ2) is 11.1. The summed E-state index contributed by atoms with van der Waals surface area (Å²) < 4.78 is 5.23. The third-order valence-corrected chi connectivity index (χ3v) is 3.59. The van der Waals surface area contributed by atoms with Crippen molar-refractivity contribution >= 4 is 35.1 Å². The highest BCUT2D eigenvalue weighted by atomic mass is 35.5. The minimum atomic E-state index is -0.204. The van der Waals surface area contributed by atoms with Gasteiger partial charge in [-0.2, -0.15) is 0 Å². The zero-order chi connectivity index (χ0) is 17.1. The maximum Gasteiger partial charge on any atom is 0.251 e. The highest BCUT2D eigenvalue weighted by molar-refractivity contribution is 6.42. The van der Waals surface area contributed by atoms with Crippen molar-refractivity contribution in [3.63, 3.8) is 0 Å². The molecule has 0 saturated heterocycles. The number of ether oxygens (including phenoxy) is 1. The molecular formula is C15H22Cl2N4O2. The van der Waals surface area contributed by atoms with E-state index in [0.717, 1.165) is 0 Å². The van der Waals surface area contributed by atoms with Crippen molar-refractivity contribution in [1.82, 2.24) is 16.0 Å². The number of hydrogen-bond donors (Lipinski definition) is 3. The fraction of sp³-hybridized carbons (Fsp3) is 0.467. The molecule has 23 heavy (non-hydrogen) atoms. The van der Waals surface area contributed by atoms with Crippen LogP contribution in [0.4, 0.5) is 0 Å². The summed E-state index contributed by atoms with van der Waals surface area (Å²) in [5.74, 6) is 0.457. The number of guanidine groups is 1. The molecule has 1 rings (SSSR count). The second-order valence-electron chi connectivity index (χ2n) is 4.51. The summed E-state index contributed by atoms with van der Waals surface area (Å²) >= 11 is 11.7. The lowest BCUT2D eigenvalue weighted by Gasteiger charge is -2.12. The van der Waals surface area contributed by atoms with E-state index in [-0.39, 0.29) is 5.91 Å². The molecule has 0 atom stereocenters. The molecule has 0 spiro atoms. The Morgan fingerprint density at radius 2 is 1.83 bits per heavy atom. The smallest absolute Gasteiger partial charge is 0.251 e. The summed E-state index contributed by atoms with van der Waals surface area (Å²) in [6.45, 7) is 4.92. The average molecular weight is 361 g/mol. The van der Waals surface area contributed by atoms with Crippen LogP contribution in [0.1, 0.15) is 17.3 Å². The van der Waals surface area contributed by atoms with Gasteiger partial charge in [0.15, 0.2) is 5.96 Å². The van der Waals surface area contributed by atoms with Gasteiger partial charge in [-0.1, -0.05) is 23.2 Å². The van der Waals surface area contributed by atoms with E-state index < -0.39 is 0 Å². The lowest BCUT2D eigenvalue weighted by atomic mass is 10.2. The van der Waals surface area contributed by atoms with E-state index in [2.05, 4.69) is 20.9 Å². The number of nitrogens with zero attached hydrogens (tertiary/aromatic N) is 1. The molecular weight excluding hydrogens is 339 g/mol. The molecule has 0 fully saturated rings. The van der Waals surface area contributed by atoms with Gasteiger partial charge in [0.1, 0.15) is 0 Å². The van der Waals surface area contributed by atoms with Gasteiger partial charge in [-0.25, -0.2) is 0 Å². The number of carbonyl (C=O) groups excluding carboxylic acids is 1. The van der Waals surface area contributed by atoms with Gasteiger partial charge < -0.3 is 20.7 Å². The van der Waals surface area contributed by atoms with E-state index in [0.29, 0.717) is 54.4 Å². The number of halogens is 2. The maximum absolute atomic E-state index is 12.0. The minimum absolute atomic E-state index is 0.204. The first-order chi connectivity index (χ1) is 11.1. The quantitative estimate of drug-likeness (QED) is 0.376. The Bertz CT molecular complexity index is 538. The zero-order valence-corrected chi connectivity index (χ0v) is 14.8. The number of carbonyl (C=O) groups is 1. The topological polar surface area (TPSA) is 74.8 Å². The van der Waals surface area contributed by atoms with Gasteiger partial charge in [-0.05, 0) is 25.1 Å². The maximum atomic E-state index is 12.0. The highest BCUT2D eigenvalue weighted by Gasteiger charge is 2.07. The number of nitrogens with one attached hydrogen (secondary N) is 3. The minimum Gasteiger partial charge on any atom is -0.380 e. The van der Waals surface area contributed by atoms with Crippen LogP contribution in [-0.2, 0) is 4.74 Å². The van der Waals surface area contributed by atoms with Crippen molar-refractivity contribution in [3.05, 3.63) is 33.8 Å². The molecule has 128 valence electrons. The molecule has 8 heteroatoms. The molecule has 6 nitrogen and oxygen atoms in total. The number of aliphatic imine (C=N–C) groups is 1. The van der Waals surface area contributed by atoms with Crippen LogP contribution >= 0.6 is 23.2 Å². The highest BCUT2D eigenvalue weighted by Crippen LogP contribution is 2.22. The van der Waals surface area contributed by atoms with Gasteiger partial charge in [0.25, 0.3) is 5.91 Å². The third kappa shape index (κ3) is 7.54. The lowest BCUT2D eigenvalue weighted by molar-refractivity contribution is 0.0954. The predicted molar refractivity (Wildman–Crippen MR) is 94.7 cm³/mol. The van der Waals surface area contributed by atoms with Crippen LogP contribution in [0, 0.1) is 0 Å². The Labute approximate surface area is 146 Å². The SMILES string of the molecule is CCOCCNC(=NC)NCCNC(=O)c1ccc(Cl)c(Cl)c1. The predicted octanol–water partition coefficient (Wildman–Crippen LogP) is 1.92. The molecule has 0 unspecified atom stereocenters. The Kier molecular flexibility index (Phi) is 9.43.